The van der Waals surface area contributed by atoms with Crippen molar-refractivity contribution in [3.63, 3.8) is 0 Å². The topological polar surface area (TPSA) is 63.9 Å². The van der Waals surface area contributed by atoms with Crippen LogP contribution < -0.4 is 5.73 Å². The van der Waals surface area contributed by atoms with Crippen molar-refractivity contribution in [3.8, 4) is 11.3 Å². The van der Waals surface area contributed by atoms with Crippen molar-refractivity contribution in [3.05, 3.63) is 35.9 Å². The zero-order chi connectivity index (χ0) is 11.4. The van der Waals surface area contributed by atoms with Crippen molar-refractivity contribution in [2.75, 3.05) is 19.5 Å². The number of H-pyrrole nitrogens is 1. The summed E-state index contributed by atoms with van der Waals surface area (Å²) in [5.41, 5.74) is 8.85. The van der Waals surface area contributed by atoms with Crippen LogP contribution in [0.2, 0.25) is 0 Å². The summed E-state index contributed by atoms with van der Waals surface area (Å²) in [5.74, 6) is 0.511. The number of nitrogens with zero attached hydrogens (tertiary/aromatic N) is 1. The molecular formula is C12H15N3O. The molecule has 0 bridgehead atoms. The Morgan fingerprint density at radius 1 is 1.38 bits per heavy atom. The molecule has 2 rings (SSSR count). The monoisotopic (exact) mass is 217 g/mol. The van der Waals surface area contributed by atoms with E-state index < -0.39 is 0 Å². The highest BCUT2D eigenvalue weighted by Gasteiger charge is 2.02. The second-order valence-electron chi connectivity index (χ2n) is 3.65. The number of nitrogen functional groups attached to an aromatic ring is 1. The van der Waals surface area contributed by atoms with Crippen molar-refractivity contribution in [2.24, 2.45) is 0 Å². The highest BCUT2D eigenvalue weighted by Crippen LogP contribution is 2.19. The van der Waals surface area contributed by atoms with Gasteiger partial charge in [-0.2, -0.15) is 5.10 Å². The first-order valence-electron chi connectivity index (χ1n) is 5.19. The van der Waals surface area contributed by atoms with Crippen LogP contribution in [0.3, 0.4) is 0 Å². The fourth-order valence-electron chi connectivity index (χ4n) is 1.60. The molecule has 0 unspecified atom stereocenters. The molecule has 2 aromatic rings. The molecule has 1 heterocycles. The molecule has 0 spiro atoms. The quantitative estimate of drug-likeness (QED) is 0.821. The molecule has 0 radical (unpaired) electrons. The van der Waals surface area contributed by atoms with Crippen molar-refractivity contribution < 1.29 is 4.74 Å². The molecule has 0 saturated heterocycles. The lowest BCUT2D eigenvalue weighted by molar-refractivity contribution is 0.202. The van der Waals surface area contributed by atoms with E-state index in [4.69, 9.17) is 10.5 Å². The number of aromatic amines is 1. The molecule has 0 amide bonds. The number of aromatic nitrogens is 2. The normalized spacial score (nSPS) is 10.6. The lowest BCUT2D eigenvalue weighted by Gasteiger charge is -2.03. The van der Waals surface area contributed by atoms with E-state index in [9.17, 15) is 0 Å². The van der Waals surface area contributed by atoms with Crippen molar-refractivity contribution >= 4 is 5.82 Å². The van der Waals surface area contributed by atoms with Crippen LogP contribution >= 0.6 is 0 Å². The van der Waals surface area contributed by atoms with Crippen molar-refractivity contribution in [1.82, 2.24) is 10.2 Å². The van der Waals surface area contributed by atoms with Crippen LogP contribution in [0.1, 0.15) is 5.56 Å². The predicted octanol–water partition coefficient (Wildman–Crippen LogP) is 1.85. The number of rotatable bonds is 4. The van der Waals surface area contributed by atoms with Gasteiger partial charge < -0.3 is 10.5 Å². The first-order valence-corrected chi connectivity index (χ1v) is 5.19. The number of methoxy groups -OCH3 is 1. The maximum absolute atomic E-state index is 5.57. The van der Waals surface area contributed by atoms with Gasteiger partial charge in [-0.3, -0.25) is 5.10 Å². The first kappa shape index (κ1) is 10.7. The Morgan fingerprint density at radius 3 is 2.94 bits per heavy atom. The van der Waals surface area contributed by atoms with E-state index >= 15 is 0 Å². The second kappa shape index (κ2) is 4.81. The molecular weight excluding hydrogens is 202 g/mol. The molecule has 1 aromatic carbocycles. The predicted molar refractivity (Wildman–Crippen MR) is 64.0 cm³/mol. The van der Waals surface area contributed by atoms with Gasteiger partial charge in [0, 0.05) is 13.2 Å². The summed E-state index contributed by atoms with van der Waals surface area (Å²) in [6.07, 6.45) is 0.911. The van der Waals surface area contributed by atoms with Gasteiger partial charge in [0.2, 0.25) is 0 Å². The Kier molecular flexibility index (Phi) is 3.22. The largest absolute Gasteiger partial charge is 0.384 e. The Hall–Kier alpha value is -1.81. The summed E-state index contributed by atoms with van der Waals surface area (Å²) in [6, 6.07) is 10.1. The molecule has 16 heavy (non-hydrogen) atoms. The Balaban J connectivity index is 2.22. The summed E-state index contributed by atoms with van der Waals surface area (Å²) in [5, 5.41) is 6.81. The van der Waals surface area contributed by atoms with Crippen LogP contribution in [-0.4, -0.2) is 23.9 Å². The smallest absolute Gasteiger partial charge is 0.145 e. The van der Waals surface area contributed by atoms with Gasteiger partial charge in [-0.15, -0.1) is 0 Å². The fourth-order valence-corrected chi connectivity index (χ4v) is 1.60. The van der Waals surface area contributed by atoms with Gasteiger partial charge in [-0.25, -0.2) is 0 Å². The fraction of sp³-hybridized carbons (Fsp3) is 0.250. The van der Waals surface area contributed by atoms with Crippen LogP contribution in [0.4, 0.5) is 5.82 Å². The van der Waals surface area contributed by atoms with Gasteiger partial charge in [0.25, 0.3) is 0 Å². The van der Waals surface area contributed by atoms with Gasteiger partial charge in [0.15, 0.2) is 0 Å². The molecule has 0 aliphatic rings. The number of anilines is 1. The average molecular weight is 217 g/mol. The van der Waals surface area contributed by atoms with Crippen molar-refractivity contribution in [1.29, 1.82) is 0 Å². The summed E-state index contributed by atoms with van der Waals surface area (Å²) >= 11 is 0. The standard InChI is InChI=1S/C12H15N3O/c1-16-6-5-9-3-2-4-10(7-9)11-8-12(13)15-14-11/h2-4,7-8H,5-6H2,1H3,(H3,13,14,15). The Labute approximate surface area is 94.4 Å². The summed E-state index contributed by atoms with van der Waals surface area (Å²) in [7, 11) is 1.71. The number of hydrogen-bond donors (Lipinski definition) is 2. The van der Waals surface area contributed by atoms with Gasteiger partial charge in [0.05, 0.1) is 12.3 Å². The molecule has 84 valence electrons. The van der Waals surface area contributed by atoms with E-state index in [2.05, 4.69) is 22.3 Å². The van der Waals surface area contributed by atoms with E-state index in [1.807, 2.05) is 18.2 Å². The first-order chi connectivity index (χ1) is 7.79. The third-order valence-corrected chi connectivity index (χ3v) is 2.43. The Bertz CT molecular complexity index is 465. The molecule has 1 aromatic heterocycles. The van der Waals surface area contributed by atoms with Crippen LogP contribution in [-0.2, 0) is 11.2 Å². The van der Waals surface area contributed by atoms with E-state index in [1.54, 1.807) is 7.11 Å². The third kappa shape index (κ3) is 2.41. The van der Waals surface area contributed by atoms with E-state index in [-0.39, 0.29) is 0 Å². The zero-order valence-corrected chi connectivity index (χ0v) is 9.23. The second-order valence-corrected chi connectivity index (χ2v) is 3.65. The average Bonchev–Trinajstić information content (AvgIpc) is 2.74. The van der Waals surface area contributed by atoms with Crippen LogP contribution in [0.25, 0.3) is 11.3 Å². The minimum absolute atomic E-state index is 0.511. The van der Waals surface area contributed by atoms with Gasteiger partial charge in [-0.05, 0) is 23.6 Å². The number of nitrogens with one attached hydrogen (secondary N) is 1. The van der Waals surface area contributed by atoms with Crippen molar-refractivity contribution in [2.45, 2.75) is 6.42 Å². The van der Waals surface area contributed by atoms with Gasteiger partial charge in [0.1, 0.15) is 5.82 Å². The number of benzene rings is 1. The highest BCUT2D eigenvalue weighted by atomic mass is 16.5. The molecule has 3 N–H and O–H groups in total. The zero-order valence-electron chi connectivity index (χ0n) is 9.23. The maximum atomic E-state index is 5.57. The van der Waals surface area contributed by atoms with Crippen LogP contribution in [0, 0.1) is 0 Å². The van der Waals surface area contributed by atoms with Crippen LogP contribution in [0.15, 0.2) is 30.3 Å². The molecule has 0 atom stereocenters. The summed E-state index contributed by atoms with van der Waals surface area (Å²) in [4.78, 5) is 0. The molecule has 0 aliphatic heterocycles. The van der Waals surface area contributed by atoms with E-state index in [1.165, 1.54) is 5.56 Å². The number of nitrogens with two attached hydrogens (primary N) is 1. The minimum Gasteiger partial charge on any atom is -0.384 e. The summed E-state index contributed by atoms with van der Waals surface area (Å²) in [6.45, 7) is 0.731. The van der Waals surface area contributed by atoms with Gasteiger partial charge in [-0.1, -0.05) is 18.2 Å². The van der Waals surface area contributed by atoms with Gasteiger partial charge >= 0.3 is 0 Å². The lowest BCUT2D eigenvalue weighted by atomic mass is 10.1. The highest BCUT2D eigenvalue weighted by molar-refractivity contribution is 5.62. The molecule has 0 fully saturated rings. The third-order valence-electron chi connectivity index (χ3n) is 2.43. The lowest BCUT2D eigenvalue weighted by Crippen LogP contribution is -1.94. The molecule has 4 nitrogen and oxygen atoms in total. The number of hydrogen-bond acceptors (Lipinski definition) is 3. The molecule has 0 saturated carbocycles. The van der Waals surface area contributed by atoms with E-state index in [0.717, 1.165) is 24.3 Å². The SMILES string of the molecule is COCCc1cccc(-c2cc(N)n[nH]2)c1. The molecule has 4 heteroatoms. The Morgan fingerprint density at radius 2 is 2.25 bits per heavy atom. The minimum atomic E-state index is 0.511. The number of ether oxygens (including phenoxy) is 1. The molecule has 0 aliphatic carbocycles. The maximum Gasteiger partial charge on any atom is 0.145 e. The van der Waals surface area contributed by atoms with Crippen LogP contribution in [0.5, 0.6) is 0 Å². The van der Waals surface area contributed by atoms with E-state index in [0.29, 0.717) is 5.82 Å². The summed E-state index contributed by atoms with van der Waals surface area (Å²) < 4.78 is 5.06.